The Bertz CT molecular complexity index is 136. The smallest absolute Gasteiger partial charge is 0.0593 e. The Morgan fingerprint density at radius 2 is 1.87 bits per heavy atom. The van der Waals surface area contributed by atoms with E-state index < -0.39 is 0 Å². The molecule has 0 spiro atoms. The third kappa shape index (κ3) is 6.88. The Morgan fingerprint density at radius 3 is 2.60 bits per heavy atom. The average molecular weight is 214 g/mol. The zero-order chi connectivity index (χ0) is 10.8. The van der Waals surface area contributed by atoms with Gasteiger partial charge in [0.25, 0.3) is 0 Å². The lowest BCUT2D eigenvalue weighted by atomic mass is 10.2. The largest absolute Gasteiger partial charge is 0.380 e. The fourth-order valence-electron chi connectivity index (χ4n) is 1.98. The predicted octanol–water partition coefficient (Wildman–Crippen LogP) is 1.49. The van der Waals surface area contributed by atoms with E-state index in [1.165, 1.54) is 45.2 Å². The molecule has 0 aliphatic carbocycles. The molecule has 1 aliphatic heterocycles. The van der Waals surface area contributed by atoms with Gasteiger partial charge in [-0.15, -0.1) is 0 Å². The molecule has 0 aromatic rings. The van der Waals surface area contributed by atoms with Gasteiger partial charge < -0.3 is 15.0 Å². The van der Waals surface area contributed by atoms with Gasteiger partial charge in [0.2, 0.25) is 0 Å². The number of nitrogens with zero attached hydrogens (tertiary/aromatic N) is 1. The van der Waals surface area contributed by atoms with E-state index in [0.29, 0.717) is 0 Å². The summed E-state index contributed by atoms with van der Waals surface area (Å²) in [6.07, 6.45) is 6.52. The fourth-order valence-corrected chi connectivity index (χ4v) is 1.98. The molecule has 1 heterocycles. The zero-order valence-electron chi connectivity index (χ0n) is 10.1. The Labute approximate surface area is 94.2 Å². The zero-order valence-corrected chi connectivity index (χ0v) is 10.1. The molecule has 1 saturated heterocycles. The molecular formula is C12H26N2O. The van der Waals surface area contributed by atoms with E-state index in [4.69, 9.17) is 4.74 Å². The Hall–Kier alpha value is -0.120. The maximum absolute atomic E-state index is 5.61. The second-order valence-corrected chi connectivity index (χ2v) is 4.33. The van der Waals surface area contributed by atoms with Crippen LogP contribution in [0.1, 0.15) is 32.1 Å². The molecule has 1 rings (SSSR count). The minimum atomic E-state index is 0.923. The van der Waals surface area contributed by atoms with Crippen molar-refractivity contribution in [3.63, 3.8) is 0 Å². The lowest BCUT2D eigenvalue weighted by Crippen LogP contribution is -2.24. The van der Waals surface area contributed by atoms with Crippen LogP contribution in [0.5, 0.6) is 0 Å². The average Bonchev–Trinajstić information content (AvgIpc) is 2.75. The van der Waals surface area contributed by atoms with Gasteiger partial charge in [0.05, 0.1) is 6.61 Å². The summed E-state index contributed by atoms with van der Waals surface area (Å²) in [4.78, 5) is 2.50. The number of hydrogen-bond donors (Lipinski definition) is 1. The van der Waals surface area contributed by atoms with Crippen molar-refractivity contribution in [2.75, 3.05) is 46.4 Å². The van der Waals surface area contributed by atoms with Crippen LogP contribution in [0.25, 0.3) is 0 Å². The molecule has 0 aromatic heterocycles. The molecular weight excluding hydrogens is 188 g/mol. The molecule has 0 saturated carbocycles. The van der Waals surface area contributed by atoms with Gasteiger partial charge in [-0.05, 0) is 58.8 Å². The van der Waals surface area contributed by atoms with Crippen LogP contribution in [0.2, 0.25) is 0 Å². The molecule has 0 atom stereocenters. The molecule has 0 bridgehead atoms. The van der Waals surface area contributed by atoms with E-state index in [-0.39, 0.29) is 0 Å². The topological polar surface area (TPSA) is 24.5 Å². The van der Waals surface area contributed by atoms with Gasteiger partial charge in [-0.3, -0.25) is 0 Å². The molecule has 1 fully saturated rings. The molecule has 1 N–H and O–H groups in total. The van der Waals surface area contributed by atoms with Crippen LogP contribution in [0.4, 0.5) is 0 Å². The van der Waals surface area contributed by atoms with E-state index in [2.05, 4.69) is 10.2 Å². The van der Waals surface area contributed by atoms with Crippen molar-refractivity contribution < 1.29 is 4.74 Å². The number of unbranched alkanes of at least 4 members (excludes halogenated alkanes) is 2. The van der Waals surface area contributed by atoms with Crippen LogP contribution in [0, 0.1) is 0 Å². The quantitative estimate of drug-likeness (QED) is 0.589. The summed E-state index contributed by atoms with van der Waals surface area (Å²) in [5, 5.41) is 3.16. The van der Waals surface area contributed by atoms with Crippen molar-refractivity contribution in [2.24, 2.45) is 0 Å². The summed E-state index contributed by atoms with van der Waals surface area (Å²) in [6.45, 7) is 6.70. The summed E-state index contributed by atoms with van der Waals surface area (Å²) < 4.78 is 5.61. The standard InChI is InChI=1S/C12H26N2O/c1-13-7-3-2-6-11-15-12-10-14-8-4-5-9-14/h13H,2-12H2,1H3. The monoisotopic (exact) mass is 214 g/mol. The highest BCUT2D eigenvalue weighted by Crippen LogP contribution is 2.06. The van der Waals surface area contributed by atoms with Gasteiger partial charge in [-0.25, -0.2) is 0 Å². The number of nitrogens with one attached hydrogen (secondary N) is 1. The number of rotatable bonds is 9. The van der Waals surface area contributed by atoms with Gasteiger partial charge in [-0.2, -0.15) is 0 Å². The van der Waals surface area contributed by atoms with Crippen molar-refractivity contribution in [1.82, 2.24) is 10.2 Å². The summed E-state index contributed by atoms with van der Waals surface area (Å²) in [5.41, 5.74) is 0. The lowest BCUT2D eigenvalue weighted by molar-refractivity contribution is 0.108. The van der Waals surface area contributed by atoms with Crippen molar-refractivity contribution in [3.05, 3.63) is 0 Å². The van der Waals surface area contributed by atoms with Crippen LogP contribution in [0.15, 0.2) is 0 Å². The maximum Gasteiger partial charge on any atom is 0.0593 e. The molecule has 1 aliphatic rings. The van der Waals surface area contributed by atoms with Gasteiger partial charge in [-0.1, -0.05) is 0 Å². The molecule has 3 heteroatoms. The minimum Gasteiger partial charge on any atom is -0.380 e. The molecule has 15 heavy (non-hydrogen) atoms. The summed E-state index contributed by atoms with van der Waals surface area (Å²) in [7, 11) is 2.01. The first-order valence-corrected chi connectivity index (χ1v) is 6.38. The van der Waals surface area contributed by atoms with Crippen LogP contribution >= 0.6 is 0 Å². The fraction of sp³-hybridized carbons (Fsp3) is 1.00. The Balaban J connectivity index is 1.73. The predicted molar refractivity (Wildman–Crippen MR) is 64.3 cm³/mol. The van der Waals surface area contributed by atoms with Crippen LogP contribution in [-0.4, -0.2) is 51.3 Å². The Kier molecular flexibility index (Phi) is 7.88. The first-order valence-electron chi connectivity index (χ1n) is 6.38. The second-order valence-electron chi connectivity index (χ2n) is 4.33. The van der Waals surface area contributed by atoms with Gasteiger partial charge in [0.15, 0.2) is 0 Å². The minimum absolute atomic E-state index is 0.923. The van der Waals surface area contributed by atoms with Crippen LogP contribution in [0.3, 0.4) is 0 Å². The van der Waals surface area contributed by atoms with Crippen LogP contribution < -0.4 is 5.32 Å². The molecule has 90 valence electrons. The summed E-state index contributed by atoms with van der Waals surface area (Å²) in [6, 6.07) is 0. The van der Waals surface area contributed by atoms with Gasteiger partial charge in [0.1, 0.15) is 0 Å². The van der Waals surface area contributed by atoms with E-state index in [9.17, 15) is 0 Å². The SMILES string of the molecule is CNCCCCCOCCN1CCCC1. The van der Waals surface area contributed by atoms with Gasteiger partial charge in [0, 0.05) is 13.2 Å². The van der Waals surface area contributed by atoms with Crippen molar-refractivity contribution in [3.8, 4) is 0 Å². The highest BCUT2D eigenvalue weighted by molar-refractivity contribution is 4.65. The maximum atomic E-state index is 5.61. The van der Waals surface area contributed by atoms with Crippen molar-refractivity contribution in [2.45, 2.75) is 32.1 Å². The number of hydrogen-bond acceptors (Lipinski definition) is 3. The van der Waals surface area contributed by atoms with Crippen LogP contribution in [-0.2, 0) is 4.74 Å². The van der Waals surface area contributed by atoms with E-state index in [1.807, 2.05) is 7.05 Å². The number of likely N-dealkylation sites (tertiary alicyclic amines) is 1. The highest BCUT2D eigenvalue weighted by Gasteiger charge is 2.09. The van der Waals surface area contributed by atoms with E-state index >= 15 is 0 Å². The van der Waals surface area contributed by atoms with Crippen molar-refractivity contribution in [1.29, 1.82) is 0 Å². The van der Waals surface area contributed by atoms with Gasteiger partial charge >= 0.3 is 0 Å². The molecule has 0 radical (unpaired) electrons. The molecule has 0 amide bonds. The lowest BCUT2D eigenvalue weighted by Gasteiger charge is -2.14. The Morgan fingerprint density at radius 1 is 1.07 bits per heavy atom. The summed E-state index contributed by atoms with van der Waals surface area (Å²) in [5.74, 6) is 0. The molecule has 0 aromatic carbocycles. The van der Waals surface area contributed by atoms with E-state index in [1.54, 1.807) is 0 Å². The van der Waals surface area contributed by atoms with Crippen molar-refractivity contribution >= 4 is 0 Å². The first kappa shape index (κ1) is 12.9. The summed E-state index contributed by atoms with van der Waals surface area (Å²) >= 11 is 0. The molecule has 3 nitrogen and oxygen atoms in total. The number of ether oxygens (including phenoxy) is 1. The van der Waals surface area contributed by atoms with E-state index in [0.717, 1.165) is 26.3 Å². The second kappa shape index (κ2) is 9.13. The third-order valence-corrected chi connectivity index (χ3v) is 2.97. The normalized spacial score (nSPS) is 17.4. The highest BCUT2D eigenvalue weighted by atomic mass is 16.5. The first-order chi connectivity index (χ1) is 7.43. The third-order valence-electron chi connectivity index (χ3n) is 2.97. The molecule has 0 unspecified atom stereocenters.